The lowest BCUT2D eigenvalue weighted by Crippen LogP contribution is -2.57. The average molecular weight is 846 g/mol. The lowest BCUT2D eigenvalue weighted by Gasteiger charge is -2.44. The van der Waals surface area contributed by atoms with E-state index in [2.05, 4.69) is 29.0 Å². The zero-order valence-corrected chi connectivity index (χ0v) is 35.6. The fraction of sp³-hybridized carbons (Fsp3) is 0.326. The van der Waals surface area contributed by atoms with Crippen LogP contribution in [0.3, 0.4) is 0 Å². The van der Waals surface area contributed by atoms with Gasteiger partial charge in [-0.2, -0.15) is 0 Å². The van der Waals surface area contributed by atoms with Crippen molar-refractivity contribution in [2.75, 3.05) is 37.2 Å². The summed E-state index contributed by atoms with van der Waals surface area (Å²) < 4.78 is 26.3. The van der Waals surface area contributed by atoms with Crippen molar-refractivity contribution in [3.05, 3.63) is 141 Å². The Balaban J connectivity index is 0.000000225. The van der Waals surface area contributed by atoms with Crippen LogP contribution < -0.4 is 11.1 Å². The van der Waals surface area contributed by atoms with Crippen LogP contribution in [-0.2, 0) is 27.5 Å². The maximum Gasteiger partial charge on any atom is 0.246 e. The molecule has 2 heterocycles. The van der Waals surface area contributed by atoms with Crippen molar-refractivity contribution in [3.8, 4) is 0 Å². The number of carbonyl (C=O) groups excluding carboxylic acids is 3. The van der Waals surface area contributed by atoms with Crippen LogP contribution in [0, 0.1) is 11.6 Å². The van der Waals surface area contributed by atoms with Crippen LogP contribution >= 0.6 is 23.2 Å². The quantitative estimate of drug-likeness (QED) is 0.129. The van der Waals surface area contributed by atoms with Gasteiger partial charge < -0.3 is 20.9 Å². The molecule has 0 saturated carbocycles. The van der Waals surface area contributed by atoms with E-state index in [-0.39, 0.29) is 53.5 Å². The number of hydrogen-bond acceptors (Lipinski definition) is 6. The first kappa shape index (κ1) is 45.0. The van der Waals surface area contributed by atoms with Gasteiger partial charge in [0.25, 0.3) is 0 Å². The van der Waals surface area contributed by atoms with E-state index in [0.29, 0.717) is 46.6 Å². The second kappa shape index (κ2) is 20.8. The molecule has 0 aliphatic carbocycles. The van der Waals surface area contributed by atoms with Crippen LogP contribution in [0.15, 0.2) is 97.1 Å². The van der Waals surface area contributed by atoms with Crippen LogP contribution in [-0.4, -0.2) is 87.7 Å². The van der Waals surface area contributed by atoms with Crippen LogP contribution in [0.5, 0.6) is 0 Å². The fourth-order valence-electron chi connectivity index (χ4n) is 7.28. The molecule has 3 amide bonds. The van der Waals surface area contributed by atoms with Gasteiger partial charge in [0.1, 0.15) is 11.6 Å². The average Bonchev–Trinajstić information content (AvgIpc) is 3.18. The van der Waals surface area contributed by atoms with E-state index in [1.54, 1.807) is 66.8 Å². The SMILES string of the molecule is CC(=O)Nc1cc(Cl)ccc1/C=C/C(=O)N1C[C@@H](C)N(Cc2ccc(F)cc2)C[C@@H]1C.C[C@@H]1CN(C(=O)/C=C/c2ccc(Cl)cc2N)[C@@H](C)CN1Cc1ccc(F)cc1. The van der Waals surface area contributed by atoms with E-state index < -0.39 is 0 Å². The van der Waals surface area contributed by atoms with E-state index in [0.717, 1.165) is 36.3 Å². The molecule has 0 unspecified atom stereocenters. The minimum Gasteiger partial charge on any atom is -0.398 e. The maximum absolute atomic E-state index is 13.2. The Kier molecular flexibility index (Phi) is 15.8. The monoisotopic (exact) mass is 844 g/mol. The second-order valence-corrected chi connectivity index (χ2v) is 16.2. The van der Waals surface area contributed by atoms with Crippen molar-refractivity contribution in [1.29, 1.82) is 0 Å². The van der Waals surface area contributed by atoms with Gasteiger partial charge in [-0.25, -0.2) is 8.78 Å². The number of anilines is 2. The molecule has 0 radical (unpaired) electrons. The molecular weight excluding hydrogens is 793 g/mol. The molecule has 0 spiro atoms. The highest BCUT2D eigenvalue weighted by molar-refractivity contribution is 6.31. The van der Waals surface area contributed by atoms with Crippen LogP contribution in [0.2, 0.25) is 10.0 Å². The Morgan fingerprint density at radius 3 is 1.51 bits per heavy atom. The molecule has 4 aromatic carbocycles. The first-order chi connectivity index (χ1) is 28.1. The Morgan fingerprint density at radius 1 is 0.644 bits per heavy atom. The summed E-state index contributed by atoms with van der Waals surface area (Å²) in [7, 11) is 0. The van der Waals surface area contributed by atoms with E-state index in [1.165, 1.54) is 37.3 Å². The predicted octanol–water partition coefficient (Wildman–Crippen LogP) is 8.77. The number of nitrogen functional groups attached to an aromatic ring is 1. The van der Waals surface area contributed by atoms with Gasteiger partial charge in [0, 0.05) is 104 Å². The molecule has 2 saturated heterocycles. The van der Waals surface area contributed by atoms with Crippen molar-refractivity contribution in [3.63, 3.8) is 0 Å². The molecule has 2 fully saturated rings. The number of piperazine rings is 2. The Morgan fingerprint density at radius 2 is 1.07 bits per heavy atom. The van der Waals surface area contributed by atoms with E-state index >= 15 is 0 Å². The molecule has 312 valence electrons. The first-order valence-electron chi connectivity index (χ1n) is 19.6. The predicted molar refractivity (Wildman–Crippen MR) is 235 cm³/mol. The van der Waals surface area contributed by atoms with Crippen molar-refractivity contribution in [2.24, 2.45) is 0 Å². The van der Waals surface area contributed by atoms with E-state index in [9.17, 15) is 23.2 Å². The number of nitrogens with one attached hydrogen (secondary N) is 1. The summed E-state index contributed by atoms with van der Waals surface area (Å²) in [5.74, 6) is -0.786. The molecule has 9 nitrogen and oxygen atoms in total. The summed E-state index contributed by atoms with van der Waals surface area (Å²) in [6.45, 7) is 13.9. The number of carbonyl (C=O) groups is 3. The van der Waals surface area contributed by atoms with Gasteiger partial charge in [0.15, 0.2) is 0 Å². The third-order valence-electron chi connectivity index (χ3n) is 10.6. The van der Waals surface area contributed by atoms with Gasteiger partial charge in [-0.3, -0.25) is 24.2 Å². The third-order valence-corrected chi connectivity index (χ3v) is 11.1. The van der Waals surface area contributed by atoms with Crippen molar-refractivity contribution < 1.29 is 23.2 Å². The minimum atomic E-state index is -0.241. The summed E-state index contributed by atoms with van der Waals surface area (Å²) in [6, 6.07) is 24.0. The number of rotatable bonds is 9. The number of nitrogens with two attached hydrogens (primary N) is 1. The molecule has 2 aliphatic heterocycles. The number of amides is 3. The maximum atomic E-state index is 13.2. The van der Waals surface area contributed by atoms with Gasteiger partial charge in [-0.05, 0) is 111 Å². The second-order valence-electron chi connectivity index (χ2n) is 15.3. The van der Waals surface area contributed by atoms with Crippen molar-refractivity contribution in [2.45, 2.75) is 71.9 Å². The number of nitrogens with zero attached hydrogens (tertiary/aromatic N) is 4. The minimum absolute atomic E-state index is 0.0323. The number of hydrogen-bond donors (Lipinski definition) is 2. The Hall–Kier alpha value is -5.07. The van der Waals surface area contributed by atoms with Gasteiger partial charge in [0.2, 0.25) is 17.7 Å². The van der Waals surface area contributed by atoms with Crippen LogP contribution in [0.1, 0.15) is 56.9 Å². The van der Waals surface area contributed by atoms with Gasteiger partial charge >= 0.3 is 0 Å². The topological polar surface area (TPSA) is 102 Å². The Labute approximate surface area is 356 Å². The summed E-state index contributed by atoms with van der Waals surface area (Å²) >= 11 is 11.9. The molecular formula is C46H52Cl2F2N6O3. The normalized spacial score (nSPS) is 20.1. The highest BCUT2D eigenvalue weighted by Crippen LogP contribution is 2.25. The first-order valence-corrected chi connectivity index (χ1v) is 20.4. The molecule has 13 heteroatoms. The molecule has 0 bridgehead atoms. The van der Waals surface area contributed by atoms with Gasteiger partial charge in [-0.15, -0.1) is 0 Å². The zero-order valence-electron chi connectivity index (χ0n) is 34.0. The Bertz CT molecular complexity index is 2150. The molecule has 4 atom stereocenters. The third kappa shape index (κ3) is 13.0. The summed E-state index contributed by atoms with van der Waals surface area (Å²) in [5.41, 5.74) is 10.7. The lowest BCUT2D eigenvalue weighted by molar-refractivity contribution is -0.132. The fourth-order valence-corrected chi connectivity index (χ4v) is 7.64. The van der Waals surface area contributed by atoms with Gasteiger partial charge in [0.05, 0.1) is 0 Å². The largest absolute Gasteiger partial charge is 0.398 e. The molecule has 4 aromatic rings. The number of benzene rings is 4. The molecule has 59 heavy (non-hydrogen) atoms. The molecule has 0 aromatic heterocycles. The highest BCUT2D eigenvalue weighted by atomic mass is 35.5. The standard InChI is InChI=1S/C24H27ClFN3O2.C22H25ClFN3O/c1-16-14-29(17(2)13-28(16)15-19-4-9-22(26)10-5-19)24(31)11-7-20-6-8-21(25)12-23(20)27-18(3)30;1-15-13-27(22(28)10-6-18-5-7-19(23)11-21(18)25)16(2)12-26(15)14-17-3-8-20(24)9-4-17/h4-12,16-17H,13-15H2,1-3H3,(H,27,30);3-11,15-16H,12-14,25H2,1-2H3/b11-7+;10-6+/t16-,17+;15-,16+/m11/s1. The summed E-state index contributed by atoms with van der Waals surface area (Å²) in [4.78, 5) is 45.4. The van der Waals surface area contributed by atoms with E-state index in [1.807, 2.05) is 35.8 Å². The smallest absolute Gasteiger partial charge is 0.246 e. The van der Waals surface area contributed by atoms with E-state index in [4.69, 9.17) is 28.9 Å². The van der Waals surface area contributed by atoms with Crippen molar-refractivity contribution >= 4 is 64.5 Å². The highest BCUT2D eigenvalue weighted by Gasteiger charge is 2.32. The summed E-state index contributed by atoms with van der Waals surface area (Å²) in [6.07, 6.45) is 6.54. The zero-order chi connectivity index (χ0) is 42.8. The molecule has 2 aliphatic rings. The molecule has 3 N–H and O–H groups in total. The van der Waals surface area contributed by atoms with Crippen LogP contribution in [0.4, 0.5) is 20.2 Å². The number of halogens is 4. The lowest BCUT2D eigenvalue weighted by atomic mass is 10.1. The van der Waals surface area contributed by atoms with Gasteiger partial charge in [-0.1, -0.05) is 59.6 Å². The summed E-state index contributed by atoms with van der Waals surface area (Å²) in [5, 5.41) is 3.81. The van der Waals surface area contributed by atoms with Crippen molar-refractivity contribution in [1.82, 2.24) is 19.6 Å². The van der Waals surface area contributed by atoms with Crippen LogP contribution in [0.25, 0.3) is 12.2 Å². The molecule has 6 rings (SSSR count).